The lowest BCUT2D eigenvalue weighted by Crippen LogP contribution is -2.28. The van der Waals surface area contributed by atoms with E-state index in [4.69, 9.17) is 5.73 Å². The molecular formula is C12H20N2S. The molecule has 1 saturated carbocycles. The number of nitrogens with two attached hydrogens (primary N) is 1. The molecule has 0 spiro atoms. The molecule has 3 heteroatoms. The molecule has 3 unspecified atom stereocenters. The van der Waals surface area contributed by atoms with Crippen LogP contribution >= 0.6 is 11.3 Å². The summed E-state index contributed by atoms with van der Waals surface area (Å²) in [4.78, 5) is 4.68. The zero-order valence-corrected chi connectivity index (χ0v) is 10.6. The molecule has 0 aromatic carbocycles. The average molecular weight is 224 g/mol. The lowest BCUT2D eigenvalue weighted by atomic mass is 10.0. The first-order valence-corrected chi connectivity index (χ1v) is 6.65. The molecule has 1 aromatic heterocycles. The smallest absolute Gasteiger partial charge is 0.0962 e. The van der Waals surface area contributed by atoms with Gasteiger partial charge in [0.05, 0.1) is 10.7 Å². The van der Waals surface area contributed by atoms with Gasteiger partial charge in [-0.05, 0) is 18.3 Å². The van der Waals surface area contributed by atoms with Crippen LogP contribution in [-0.4, -0.2) is 11.0 Å². The molecule has 3 atom stereocenters. The van der Waals surface area contributed by atoms with E-state index >= 15 is 0 Å². The van der Waals surface area contributed by atoms with Crippen molar-refractivity contribution in [2.24, 2.45) is 17.6 Å². The van der Waals surface area contributed by atoms with E-state index in [1.165, 1.54) is 17.1 Å². The third-order valence-corrected chi connectivity index (χ3v) is 4.32. The van der Waals surface area contributed by atoms with Gasteiger partial charge in [-0.25, -0.2) is 4.98 Å². The van der Waals surface area contributed by atoms with E-state index < -0.39 is 0 Å². The highest BCUT2D eigenvalue weighted by Gasteiger charge is 2.36. The van der Waals surface area contributed by atoms with E-state index in [9.17, 15) is 0 Å². The number of rotatable bonds is 4. The fourth-order valence-electron chi connectivity index (χ4n) is 1.73. The number of hydrogen-bond donors (Lipinski definition) is 1. The monoisotopic (exact) mass is 224 g/mol. The first-order chi connectivity index (χ1) is 7.08. The Labute approximate surface area is 95.9 Å². The van der Waals surface area contributed by atoms with Crippen LogP contribution in [0, 0.1) is 11.8 Å². The van der Waals surface area contributed by atoms with Crippen molar-refractivity contribution < 1.29 is 0 Å². The van der Waals surface area contributed by atoms with Gasteiger partial charge in [0.2, 0.25) is 0 Å². The van der Waals surface area contributed by atoms with Gasteiger partial charge in [0.1, 0.15) is 0 Å². The molecule has 15 heavy (non-hydrogen) atoms. The van der Waals surface area contributed by atoms with E-state index in [1.807, 2.05) is 11.3 Å². The van der Waals surface area contributed by atoms with Crippen LogP contribution in [0.5, 0.6) is 0 Å². The lowest BCUT2D eigenvalue weighted by molar-refractivity contribution is 0.487. The topological polar surface area (TPSA) is 38.9 Å². The van der Waals surface area contributed by atoms with Crippen molar-refractivity contribution in [3.63, 3.8) is 0 Å². The standard InChI is InChI=1S/C12H20N2S/c1-7(2)11(13)5-9-6-15-12(14-9)10-4-8(10)3/h6-8,10-11H,4-5,13H2,1-3H3. The maximum Gasteiger partial charge on any atom is 0.0962 e. The number of nitrogens with zero attached hydrogens (tertiary/aromatic N) is 1. The van der Waals surface area contributed by atoms with E-state index in [0.29, 0.717) is 5.92 Å². The molecular weight excluding hydrogens is 204 g/mol. The van der Waals surface area contributed by atoms with Crippen molar-refractivity contribution in [1.82, 2.24) is 4.98 Å². The summed E-state index contributed by atoms with van der Waals surface area (Å²) in [6.07, 6.45) is 2.25. The van der Waals surface area contributed by atoms with Crippen LogP contribution in [0.25, 0.3) is 0 Å². The highest BCUT2D eigenvalue weighted by Crippen LogP contribution is 2.47. The van der Waals surface area contributed by atoms with Crippen LogP contribution in [-0.2, 0) is 6.42 Å². The van der Waals surface area contributed by atoms with E-state index in [2.05, 4.69) is 31.1 Å². The van der Waals surface area contributed by atoms with Crippen molar-refractivity contribution in [1.29, 1.82) is 0 Å². The van der Waals surface area contributed by atoms with Gasteiger partial charge in [0.25, 0.3) is 0 Å². The lowest BCUT2D eigenvalue weighted by Gasteiger charge is -2.13. The van der Waals surface area contributed by atoms with Crippen molar-refractivity contribution in [3.05, 3.63) is 16.1 Å². The summed E-state index contributed by atoms with van der Waals surface area (Å²) in [5, 5.41) is 3.51. The zero-order chi connectivity index (χ0) is 11.0. The van der Waals surface area contributed by atoms with Crippen LogP contribution in [0.4, 0.5) is 0 Å². The van der Waals surface area contributed by atoms with Crippen LogP contribution < -0.4 is 5.73 Å². The quantitative estimate of drug-likeness (QED) is 0.854. The molecule has 0 amide bonds. The summed E-state index contributed by atoms with van der Waals surface area (Å²) in [7, 11) is 0. The molecule has 2 N–H and O–H groups in total. The number of thiazole rings is 1. The summed E-state index contributed by atoms with van der Waals surface area (Å²) in [6.45, 7) is 6.63. The van der Waals surface area contributed by atoms with Gasteiger partial charge < -0.3 is 5.73 Å². The Morgan fingerprint density at radius 3 is 2.80 bits per heavy atom. The summed E-state index contributed by atoms with van der Waals surface area (Å²) in [5.41, 5.74) is 7.23. The third-order valence-electron chi connectivity index (χ3n) is 3.30. The van der Waals surface area contributed by atoms with E-state index in [-0.39, 0.29) is 6.04 Å². The summed E-state index contributed by atoms with van der Waals surface area (Å²) < 4.78 is 0. The summed E-state index contributed by atoms with van der Waals surface area (Å²) in [5.74, 6) is 2.14. The number of aromatic nitrogens is 1. The minimum atomic E-state index is 0.247. The van der Waals surface area contributed by atoms with Gasteiger partial charge in [-0.2, -0.15) is 0 Å². The Morgan fingerprint density at radius 1 is 1.60 bits per heavy atom. The van der Waals surface area contributed by atoms with Crippen LogP contribution in [0.3, 0.4) is 0 Å². The predicted octanol–water partition coefficient (Wildman–Crippen LogP) is 2.79. The fraction of sp³-hybridized carbons (Fsp3) is 0.750. The van der Waals surface area contributed by atoms with Crippen molar-refractivity contribution in [3.8, 4) is 0 Å². The normalized spacial score (nSPS) is 27.0. The predicted molar refractivity (Wildman–Crippen MR) is 65.2 cm³/mol. The van der Waals surface area contributed by atoms with Gasteiger partial charge in [-0.1, -0.05) is 20.8 Å². The highest BCUT2D eigenvalue weighted by molar-refractivity contribution is 7.09. The van der Waals surface area contributed by atoms with Crippen molar-refractivity contribution >= 4 is 11.3 Å². The van der Waals surface area contributed by atoms with Gasteiger partial charge in [0.15, 0.2) is 0 Å². The molecule has 0 saturated heterocycles. The van der Waals surface area contributed by atoms with Crippen molar-refractivity contribution in [2.45, 2.75) is 45.6 Å². The van der Waals surface area contributed by atoms with Crippen LogP contribution in [0.2, 0.25) is 0 Å². The maximum absolute atomic E-state index is 6.04. The Bertz CT molecular complexity index is 332. The van der Waals surface area contributed by atoms with E-state index in [0.717, 1.165) is 18.3 Å². The minimum absolute atomic E-state index is 0.247. The first-order valence-electron chi connectivity index (χ1n) is 5.77. The molecule has 1 fully saturated rings. The van der Waals surface area contributed by atoms with E-state index in [1.54, 1.807) is 0 Å². The molecule has 0 radical (unpaired) electrons. The molecule has 84 valence electrons. The molecule has 1 aliphatic rings. The Balaban J connectivity index is 1.95. The van der Waals surface area contributed by atoms with Crippen LogP contribution in [0.15, 0.2) is 5.38 Å². The van der Waals surface area contributed by atoms with Gasteiger partial charge >= 0.3 is 0 Å². The molecule has 1 aromatic rings. The minimum Gasteiger partial charge on any atom is -0.327 e. The Morgan fingerprint density at radius 2 is 2.27 bits per heavy atom. The molecule has 0 aliphatic heterocycles. The zero-order valence-electron chi connectivity index (χ0n) is 9.73. The molecule has 2 nitrogen and oxygen atoms in total. The second kappa shape index (κ2) is 4.22. The largest absolute Gasteiger partial charge is 0.327 e. The van der Waals surface area contributed by atoms with Gasteiger partial charge in [0, 0.05) is 23.8 Å². The second-order valence-electron chi connectivity index (χ2n) is 5.11. The molecule has 0 bridgehead atoms. The Kier molecular flexibility index (Phi) is 3.12. The highest BCUT2D eigenvalue weighted by atomic mass is 32.1. The van der Waals surface area contributed by atoms with Crippen molar-refractivity contribution in [2.75, 3.05) is 0 Å². The first kappa shape index (κ1) is 11.1. The molecule has 1 aliphatic carbocycles. The molecule has 2 rings (SSSR count). The summed E-state index contributed by atoms with van der Waals surface area (Å²) in [6, 6.07) is 0.247. The van der Waals surface area contributed by atoms with Crippen LogP contribution in [0.1, 0.15) is 43.8 Å². The maximum atomic E-state index is 6.04. The average Bonchev–Trinajstić information content (AvgIpc) is 2.73. The van der Waals surface area contributed by atoms with Gasteiger partial charge in [-0.3, -0.25) is 0 Å². The molecule has 1 heterocycles. The number of hydrogen-bond acceptors (Lipinski definition) is 3. The SMILES string of the molecule is CC(C)C(N)Cc1csc(C2CC2C)n1. The summed E-state index contributed by atoms with van der Waals surface area (Å²) >= 11 is 1.81. The second-order valence-corrected chi connectivity index (χ2v) is 6.00. The van der Waals surface area contributed by atoms with Gasteiger partial charge in [-0.15, -0.1) is 11.3 Å². The Hall–Kier alpha value is -0.410. The third kappa shape index (κ3) is 2.58. The fourth-order valence-corrected chi connectivity index (χ4v) is 2.81.